The van der Waals surface area contributed by atoms with Gasteiger partial charge in [0.1, 0.15) is 11.4 Å². The number of nitrogens with one attached hydrogen (secondary N) is 2. The summed E-state index contributed by atoms with van der Waals surface area (Å²) in [5.74, 6) is 0.696. The summed E-state index contributed by atoms with van der Waals surface area (Å²) >= 11 is 0. The van der Waals surface area contributed by atoms with E-state index in [1.54, 1.807) is 0 Å². The molecule has 5 nitrogen and oxygen atoms in total. The van der Waals surface area contributed by atoms with Gasteiger partial charge >= 0.3 is 0 Å². The van der Waals surface area contributed by atoms with Gasteiger partial charge in [-0.25, -0.2) is 0 Å². The maximum Gasteiger partial charge on any atom is 0.117 e. The maximum atomic E-state index is 5.57. The van der Waals surface area contributed by atoms with Gasteiger partial charge in [0, 0.05) is 25.3 Å². The number of rotatable bonds is 9. The zero-order valence-corrected chi connectivity index (χ0v) is 12.8. The first-order valence-corrected chi connectivity index (χ1v) is 7.51. The van der Waals surface area contributed by atoms with Crippen molar-refractivity contribution in [2.24, 2.45) is 5.92 Å². The van der Waals surface area contributed by atoms with Crippen LogP contribution in [0.25, 0.3) is 11.3 Å². The molecule has 1 aromatic heterocycles. The number of H-pyrrole nitrogens is 1. The van der Waals surface area contributed by atoms with Crippen molar-refractivity contribution in [3.63, 3.8) is 0 Å². The molecule has 0 atom stereocenters. The summed E-state index contributed by atoms with van der Waals surface area (Å²) in [4.78, 5) is 0. The summed E-state index contributed by atoms with van der Waals surface area (Å²) in [5.41, 5.74) is 2.92. The number of aromatic nitrogens is 3. The Kier molecular flexibility index (Phi) is 6.37. The van der Waals surface area contributed by atoms with Crippen LogP contribution in [0, 0.1) is 5.92 Å². The Morgan fingerprint density at radius 2 is 1.95 bits per heavy atom. The molecular formula is C16H24N4O. The Morgan fingerprint density at radius 3 is 2.71 bits per heavy atom. The van der Waals surface area contributed by atoms with E-state index in [1.807, 2.05) is 30.3 Å². The third-order valence-corrected chi connectivity index (χ3v) is 3.22. The van der Waals surface area contributed by atoms with E-state index in [0.717, 1.165) is 43.1 Å². The summed E-state index contributed by atoms with van der Waals surface area (Å²) < 4.78 is 5.57. The first-order chi connectivity index (χ1) is 10.3. The van der Waals surface area contributed by atoms with Gasteiger partial charge < -0.3 is 10.1 Å². The predicted octanol–water partition coefficient (Wildman–Crippen LogP) is 2.62. The summed E-state index contributed by atoms with van der Waals surface area (Å²) in [7, 11) is 0. The minimum Gasteiger partial charge on any atom is -0.380 e. The van der Waals surface area contributed by atoms with Crippen molar-refractivity contribution in [1.29, 1.82) is 0 Å². The van der Waals surface area contributed by atoms with Gasteiger partial charge in [-0.05, 0) is 12.3 Å². The van der Waals surface area contributed by atoms with E-state index < -0.39 is 0 Å². The molecule has 0 radical (unpaired) electrons. The minimum atomic E-state index is 0.689. The predicted molar refractivity (Wildman–Crippen MR) is 83.8 cm³/mol. The maximum absolute atomic E-state index is 5.57. The molecule has 0 aliphatic rings. The minimum absolute atomic E-state index is 0.689. The van der Waals surface area contributed by atoms with Crippen molar-refractivity contribution in [2.75, 3.05) is 19.8 Å². The number of hydrogen-bond donors (Lipinski definition) is 2. The van der Waals surface area contributed by atoms with Crippen LogP contribution in [0.1, 0.15) is 26.0 Å². The largest absolute Gasteiger partial charge is 0.380 e. The number of aromatic amines is 1. The molecule has 0 amide bonds. The van der Waals surface area contributed by atoms with Crippen LogP contribution in [0.15, 0.2) is 30.3 Å². The number of nitrogens with zero attached hydrogens (tertiary/aromatic N) is 2. The standard InChI is InChI=1S/C16H24N4O/c1-13(2)8-10-21-11-9-17-12-15-16(19-20-18-15)14-6-4-3-5-7-14/h3-7,13,17H,8-12H2,1-2H3,(H,18,19,20). The summed E-state index contributed by atoms with van der Waals surface area (Å²) in [6.07, 6.45) is 1.11. The lowest BCUT2D eigenvalue weighted by Crippen LogP contribution is -2.20. The normalized spacial score (nSPS) is 11.2. The van der Waals surface area contributed by atoms with Crippen LogP contribution >= 0.6 is 0 Å². The van der Waals surface area contributed by atoms with E-state index >= 15 is 0 Å². The molecule has 5 heteroatoms. The number of ether oxygens (including phenoxy) is 1. The average Bonchev–Trinajstić information content (AvgIpc) is 2.95. The SMILES string of the molecule is CC(C)CCOCCNCc1n[nH]nc1-c1ccccc1. The molecule has 0 unspecified atom stereocenters. The van der Waals surface area contributed by atoms with Gasteiger partial charge in [0.2, 0.25) is 0 Å². The van der Waals surface area contributed by atoms with Crippen LogP contribution in [0.5, 0.6) is 0 Å². The van der Waals surface area contributed by atoms with Crippen LogP contribution in [-0.2, 0) is 11.3 Å². The zero-order chi connectivity index (χ0) is 14.9. The smallest absolute Gasteiger partial charge is 0.117 e. The highest BCUT2D eigenvalue weighted by molar-refractivity contribution is 5.60. The highest BCUT2D eigenvalue weighted by Crippen LogP contribution is 2.18. The third kappa shape index (κ3) is 5.28. The Morgan fingerprint density at radius 1 is 1.14 bits per heavy atom. The summed E-state index contributed by atoms with van der Waals surface area (Å²) in [5, 5.41) is 14.5. The molecule has 0 aliphatic heterocycles. The van der Waals surface area contributed by atoms with E-state index in [9.17, 15) is 0 Å². The topological polar surface area (TPSA) is 62.8 Å². The molecule has 0 saturated carbocycles. The van der Waals surface area contributed by atoms with Crippen molar-refractivity contribution in [2.45, 2.75) is 26.8 Å². The van der Waals surface area contributed by atoms with Crippen molar-refractivity contribution in [3.8, 4) is 11.3 Å². The van der Waals surface area contributed by atoms with Gasteiger partial charge in [-0.3, -0.25) is 0 Å². The highest BCUT2D eigenvalue weighted by atomic mass is 16.5. The molecule has 0 bridgehead atoms. The Hall–Kier alpha value is -1.72. The molecular weight excluding hydrogens is 264 g/mol. The summed E-state index contributed by atoms with van der Waals surface area (Å²) in [6, 6.07) is 10.1. The van der Waals surface area contributed by atoms with Crippen molar-refractivity contribution in [3.05, 3.63) is 36.0 Å². The zero-order valence-electron chi connectivity index (χ0n) is 12.8. The van der Waals surface area contributed by atoms with Crippen LogP contribution in [0.4, 0.5) is 0 Å². The van der Waals surface area contributed by atoms with E-state index in [-0.39, 0.29) is 0 Å². The van der Waals surface area contributed by atoms with Gasteiger partial charge in [0.05, 0.1) is 6.61 Å². The van der Waals surface area contributed by atoms with E-state index in [4.69, 9.17) is 4.74 Å². The quantitative estimate of drug-likeness (QED) is 0.696. The van der Waals surface area contributed by atoms with Gasteiger partial charge in [0.15, 0.2) is 0 Å². The van der Waals surface area contributed by atoms with Crippen LogP contribution in [0.2, 0.25) is 0 Å². The monoisotopic (exact) mass is 288 g/mol. The second-order valence-corrected chi connectivity index (χ2v) is 5.46. The van der Waals surface area contributed by atoms with Crippen molar-refractivity contribution in [1.82, 2.24) is 20.7 Å². The number of benzene rings is 1. The van der Waals surface area contributed by atoms with Gasteiger partial charge in [-0.2, -0.15) is 15.4 Å². The Bertz CT molecular complexity index is 510. The first-order valence-electron chi connectivity index (χ1n) is 7.51. The molecule has 2 N–H and O–H groups in total. The third-order valence-electron chi connectivity index (χ3n) is 3.22. The van der Waals surface area contributed by atoms with E-state index in [2.05, 4.69) is 34.6 Å². The van der Waals surface area contributed by atoms with Crippen LogP contribution < -0.4 is 5.32 Å². The molecule has 2 rings (SSSR count). The lowest BCUT2D eigenvalue weighted by atomic mass is 10.1. The fourth-order valence-corrected chi connectivity index (χ4v) is 1.98. The fourth-order valence-electron chi connectivity index (χ4n) is 1.98. The molecule has 0 saturated heterocycles. The highest BCUT2D eigenvalue weighted by Gasteiger charge is 2.08. The van der Waals surface area contributed by atoms with Crippen LogP contribution in [0.3, 0.4) is 0 Å². The molecule has 21 heavy (non-hydrogen) atoms. The van der Waals surface area contributed by atoms with E-state index in [1.165, 1.54) is 0 Å². The molecule has 114 valence electrons. The van der Waals surface area contributed by atoms with Crippen LogP contribution in [-0.4, -0.2) is 35.2 Å². The molecule has 0 spiro atoms. The molecule has 0 aliphatic carbocycles. The van der Waals surface area contributed by atoms with Gasteiger partial charge in [-0.15, -0.1) is 0 Å². The van der Waals surface area contributed by atoms with E-state index in [0.29, 0.717) is 12.5 Å². The van der Waals surface area contributed by atoms with Crippen molar-refractivity contribution >= 4 is 0 Å². The molecule has 1 heterocycles. The Balaban J connectivity index is 1.71. The molecule has 1 aromatic carbocycles. The first kappa shape index (κ1) is 15.7. The van der Waals surface area contributed by atoms with Gasteiger partial charge in [0.25, 0.3) is 0 Å². The van der Waals surface area contributed by atoms with Gasteiger partial charge in [-0.1, -0.05) is 44.2 Å². The molecule has 2 aromatic rings. The molecule has 0 fully saturated rings. The second kappa shape index (κ2) is 8.54. The fraction of sp³-hybridized carbons (Fsp3) is 0.500. The van der Waals surface area contributed by atoms with Crippen molar-refractivity contribution < 1.29 is 4.74 Å². The number of hydrogen-bond acceptors (Lipinski definition) is 4. The Labute approximate surface area is 126 Å². The second-order valence-electron chi connectivity index (χ2n) is 5.46. The summed E-state index contributed by atoms with van der Waals surface area (Å²) in [6.45, 7) is 7.48. The lowest BCUT2D eigenvalue weighted by Gasteiger charge is -2.07. The lowest BCUT2D eigenvalue weighted by molar-refractivity contribution is 0.125. The average molecular weight is 288 g/mol.